The molecule has 0 radical (unpaired) electrons. The van der Waals surface area contributed by atoms with E-state index < -0.39 is 0 Å². The van der Waals surface area contributed by atoms with Crippen LogP contribution in [0.15, 0.2) is 30.3 Å². The lowest BCUT2D eigenvalue weighted by molar-refractivity contribution is -0.119. The van der Waals surface area contributed by atoms with Crippen molar-refractivity contribution in [3.8, 4) is 0 Å². The van der Waals surface area contributed by atoms with Crippen molar-refractivity contribution in [2.45, 2.75) is 13.5 Å². The lowest BCUT2D eigenvalue weighted by Gasteiger charge is -1.93. The molecule has 0 aliphatic heterocycles. The molecule has 1 aromatic rings. The highest BCUT2D eigenvalue weighted by Crippen LogP contribution is 1.94. The maximum atomic E-state index is 9.98. The van der Waals surface area contributed by atoms with Crippen LogP contribution in [0.4, 0.5) is 0 Å². The Morgan fingerprint density at radius 2 is 2.00 bits per heavy atom. The number of aliphatic hydroxyl groups is 1. The second kappa shape index (κ2) is 9.18. The van der Waals surface area contributed by atoms with Gasteiger partial charge in [-0.1, -0.05) is 30.3 Å². The third-order valence-corrected chi connectivity index (χ3v) is 1.56. The molecule has 0 saturated carbocycles. The topological polar surface area (TPSA) is 75.3 Å². The number of nitrogens with one attached hydrogen (secondary N) is 1. The Bertz CT molecular complexity index is 263. The molecule has 0 aromatic heterocycles. The highest BCUT2D eigenvalue weighted by atomic mass is 16.3. The summed E-state index contributed by atoms with van der Waals surface area (Å²) in [6.45, 7) is 2.42. The molecule has 4 N–H and O–H groups in total. The predicted octanol–water partition coefficient (Wildman–Crippen LogP) is 0.260. The summed E-state index contributed by atoms with van der Waals surface area (Å²) in [6, 6.07) is 9.99. The summed E-state index contributed by atoms with van der Waals surface area (Å²) in [7, 11) is 0. The highest BCUT2D eigenvalue weighted by molar-refractivity contribution is 5.72. The normalized spacial score (nSPS) is 8.73. The van der Waals surface area contributed by atoms with Gasteiger partial charge in [-0.3, -0.25) is 4.79 Å². The van der Waals surface area contributed by atoms with E-state index in [0.717, 1.165) is 0 Å². The van der Waals surface area contributed by atoms with Crippen LogP contribution in [-0.2, 0) is 11.3 Å². The second-order valence-corrected chi connectivity index (χ2v) is 2.90. The SMILES string of the molecule is CC(=O)NCCO.NCc1ccccc1. The van der Waals surface area contributed by atoms with Crippen molar-refractivity contribution in [3.05, 3.63) is 35.9 Å². The summed E-state index contributed by atoms with van der Waals surface area (Å²) in [6.07, 6.45) is 0. The van der Waals surface area contributed by atoms with Gasteiger partial charge in [0.25, 0.3) is 0 Å². The van der Waals surface area contributed by atoms with E-state index in [9.17, 15) is 4.79 Å². The van der Waals surface area contributed by atoms with E-state index in [-0.39, 0.29) is 12.5 Å². The zero-order valence-corrected chi connectivity index (χ0v) is 8.94. The first-order valence-corrected chi connectivity index (χ1v) is 4.80. The molecule has 1 rings (SSSR count). The van der Waals surface area contributed by atoms with E-state index in [2.05, 4.69) is 5.32 Å². The Balaban J connectivity index is 0.000000265. The van der Waals surface area contributed by atoms with Crippen molar-refractivity contribution in [1.82, 2.24) is 5.32 Å². The fourth-order valence-electron chi connectivity index (χ4n) is 0.846. The Morgan fingerprint density at radius 3 is 2.27 bits per heavy atom. The Kier molecular flexibility index (Phi) is 8.33. The van der Waals surface area contributed by atoms with Crippen molar-refractivity contribution >= 4 is 5.91 Å². The van der Waals surface area contributed by atoms with Crippen molar-refractivity contribution in [2.24, 2.45) is 5.73 Å². The highest BCUT2D eigenvalue weighted by Gasteiger charge is 1.83. The third kappa shape index (κ3) is 8.93. The standard InChI is InChI=1S/C7H9N.C4H9NO2/c8-6-7-4-2-1-3-5-7;1-4(7)5-2-3-6/h1-5H,6,8H2;6H,2-3H2,1H3,(H,5,7). The Hall–Kier alpha value is -1.39. The minimum absolute atomic E-state index is 0.0135. The number of carbonyl (C=O) groups is 1. The van der Waals surface area contributed by atoms with Gasteiger partial charge in [-0.05, 0) is 5.56 Å². The van der Waals surface area contributed by atoms with E-state index in [1.807, 2.05) is 30.3 Å². The third-order valence-electron chi connectivity index (χ3n) is 1.56. The van der Waals surface area contributed by atoms with Crippen LogP contribution >= 0.6 is 0 Å². The summed E-state index contributed by atoms with van der Waals surface area (Å²) >= 11 is 0. The molecular formula is C11H18N2O2. The summed E-state index contributed by atoms with van der Waals surface area (Å²) in [4.78, 5) is 9.98. The van der Waals surface area contributed by atoms with Gasteiger partial charge in [-0.25, -0.2) is 0 Å². The number of nitrogens with two attached hydrogens (primary N) is 1. The molecule has 15 heavy (non-hydrogen) atoms. The van der Waals surface area contributed by atoms with Gasteiger partial charge in [0.15, 0.2) is 0 Å². The van der Waals surface area contributed by atoms with Crippen LogP contribution in [0, 0.1) is 0 Å². The van der Waals surface area contributed by atoms with Crippen LogP contribution in [0.1, 0.15) is 12.5 Å². The van der Waals surface area contributed by atoms with E-state index in [0.29, 0.717) is 13.1 Å². The molecule has 0 aliphatic rings. The van der Waals surface area contributed by atoms with E-state index >= 15 is 0 Å². The van der Waals surface area contributed by atoms with Gasteiger partial charge < -0.3 is 16.2 Å². The molecule has 0 spiro atoms. The monoisotopic (exact) mass is 210 g/mol. The van der Waals surface area contributed by atoms with Crippen LogP contribution in [-0.4, -0.2) is 24.2 Å². The molecule has 1 amide bonds. The summed E-state index contributed by atoms with van der Waals surface area (Å²) in [5.74, 6) is -0.103. The molecule has 0 saturated heterocycles. The van der Waals surface area contributed by atoms with Crippen LogP contribution in [0.3, 0.4) is 0 Å². The van der Waals surface area contributed by atoms with E-state index in [1.54, 1.807) is 0 Å². The molecular weight excluding hydrogens is 192 g/mol. The number of carbonyl (C=O) groups excluding carboxylic acids is 1. The first-order chi connectivity index (χ1) is 7.20. The van der Waals surface area contributed by atoms with Gasteiger partial charge >= 0.3 is 0 Å². The van der Waals surface area contributed by atoms with Gasteiger partial charge in [0.05, 0.1) is 6.61 Å². The van der Waals surface area contributed by atoms with Gasteiger partial charge in [0, 0.05) is 20.0 Å². The molecule has 84 valence electrons. The smallest absolute Gasteiger partial charge is 0.216 e. The van der Waals surface area contributed by atoms with Gasteiger partial charge in [-0.2, -0.15) is 0 Å². The molecule has 0 heterocycles. The fourth-order valence-corrected chi connectivity index (χ4v) is 0.846. The van der Waals surface area contributed by atoms with Crippen LogP contribution in [0.25, 0.3) is 0 Å². The summed E-state index contributed by atoms with van der Waals surface area (Å²) in [5, 5.41) is 10.5. The quantitative estimate of drug-likeness (QED) is 0.670. The largest absolute Gasteiger partial charge is 0.395 e. The van der Waals surface area contributed by atoms with Crippen LogP contribution in [0.2, 0.25) is 0 Å². The maximum Gasteiger partial charge on any atom is 0.216 e. The number of hydrogen-bond acceptors (Lipinski definition) is 3. The lowest BCUT2D eigenvalue weighted by Crippen LogP contribution is -2.22. The number of hydrogen-bond donors (Lipinski definition) is 3. The zero-order valence-electron chi connectivity index (χ0n) is 8.94. The van der Waals surface area contributed by atoms with Gasteiger partial charge in [0.2, 0.25) is 5.91 Å². The molecule has 1 aromatic carbocycles. The molecule has 4 heteroatoms. The first kappa shape index (κ1) is 13.6. The lowest BCUT2D eigenvalue weighted by atomic mass is 10.2. The minimum Gasteiger partial charge on any atom is -0.395 e. The zero-order chi connectivity index (χ0) is 11.5. The van der Waals surface area contributed by atoms with E-state index in [4.69, 9.17) is 10.8 Å². The first-order valence-electron chi connectivity index (χ1n) is 4.80. The molecule has 0 unspecified atom stereocenters. The average molecular weight is 210 g/mol. The van der Waals surface area contributed by atoms with Crippen molar-refractivity contribution < 1.29 is 9.90 Å². The van der Waals surface area contributed by atoms with Gasteiger partial charge in [-0.15, -0.1) is 0 Å². The second-order valence-electron chi connectivity index (χ2n) is 2.90. The maximum absolute atomic E-state index is 9.98. The molecule has 0 fully saturated rings. The van der Waals surface area contributed by atoms with Crippen LogP contribution in [0.5, 0.6) is 0 Å². The molecule has 0 aliphatic carbocycles. The number of rotatable bonds is 3. The molecule has 0 atom stereocenters. The van der Waals surface area contributed by atoms with Crippen LogP contribution < -0.4 is 11.1 Å². The Morgan fingerprint density at radius 1 is 1.40 bits per heavy atom. The molecule has 4 nitrogen and oxygen atoms in total. The minimum atomic E-state index is -0.103. The average Bonchev–Trinajstić information content (AvgIpc) is 2.28. The van der Waals surface area contributed by atoms with Gasteiger partial charge in [0.1, 0.15) is 0 Å². The van der Waals surface area contributed by atoms with E-state index in [1.165, 1.54) is 12.5 Å². The Labute approximate surface area is 90.1 Å². The number of benzene rings is 1. The number of aliphatic hydroxyl groups excluding tert-OH is 1. The summed E-state index contributed by atoms with van der Waals surface area (Å²) in [5.41, 5.74) is 6.54. The predicted molar refractivity (Wildman–Crippen MR) is 60.1 cm³/mol. The molecule has 0 bridgehead atoms. The van der Waals surface area contributed by atoms with Crippen molar-refractivity contribution in [1.29, 1.82) is 0 Å². The van der Waals surface area contributed by atoms with Crippen molar-refractivity contribution in [2.75, 3.05) is 13.2 Å². The fraction of sp³-hybridized carbons (Fsp3) is 0.364. The summed E-state index contributed by atoms with van der Waals surface area (Å²) < 4.78 is 0. The number of amides is 1. The van der Waals surface area contributed by atoms with Crippen molar-refractivity contribution in [3.63, 3.8) is 0 Å².